The zero-order chi connectivity index (χ0) is 15.6. The molecule has 0 amide bonds. The Kier molecular flexibility index (Phi) is 5.21. The van der Waals surface area contributed by atoms with Gasteiger partial charge in [0.1, 0.15) is 0 Å². The average Bonchev–Trinajstić information content (AvgIpc) is 2.35. The van der Waals surface area contributed by atoms with E-state index in [2.05, 4.69) is 4.36 Å². The molecule has 1 aromatic carbocycles. The first-order valence-corrected chi connectivity index (χ1v) is 7.99. The van der Waals surface area contributed by atoms with Crippen LogP contribution in [0.5, 0.6) is 0 Å². The second kappa shape index (κ2) is 6.13. The van der Waals surface area contributed by atoms with Crippen molar-refractivity contribution in [3.63, 3.8) is 0 Å². The summed E-state index contributed by atoms with van der Waals surface area (Å²) in [5, 5.41) is 9.19. The number of rotatable bonds is 4. The second-order valence-corrected chi connectivity index (χ2v) is 7.21. The Bertz CT molecular complexity index is 558. The second-order valence-electron chi connectivity index (χ2n) is 4.92. The minimum atomic E-state index is -4.42. The van der Waals surface area contributed by atoms with Crippen molar-refractivity contribution in [2.24, 2.45) is 10.3 Å². The number of aliphatic hydroxyl groups excluding tert-OH is 1. The number of hydrogen-bond acceptors (Lipinski definition) is 3. The molecule has 0 aliphatic rings. The van der Waals surface area contributed by atoms with E-state index in [1.54, 1.807) is 0 Å². The van der Waals surface area contributed by atoms with E-state index in [1.165, 1.54) is 18.4 Å². The third kappa shape index (κ3) is 4.21. The highest BCUT2D eigenvalue weighted by Gasteiger charge is 2.30. The van der Waals surface area contributed by atoms with Crippen molar-refractivity contribution in [2.45, 2.75) is 31.0 Å². The van der Waals surface area contributed by atoms with Crippen LogP contribution in [0, 0.1) is 5.92 Å². The van der Waals surface area contributed by atoms with E-state index in [1.807, 2.05) is 13.8 Å². The quantitative estimate of drug-likeness (QED) is 0.928. The summed E-state index contributed by atoms with van der Waals surface area (Å²) in [6.07, 6.45) is -3.06. The van der Waals surface area contributed by atoms with Gasteiger partial charge in [0.15, 0.2) is 0 Å². The molecule has 0 heterocycles. The van der Waals surface area contributed by atoms with Crippen molar-refractivity contribution in [2.75, 3.05) is 12.9 Å². The van der Waals surface area contributed by atoms with Crippen LogP contribution in [0.4, 0.5) is 13.2 Å². The normalized spacial score (nSPS) is 16.8. The molecule has 0 spiro atoms. The average molecular weight is 309 g/mol. The van der Waals surface area contributed by atoms with Crippen molar-refractivity contribution in [3.05, 3.63) is 29.8 Å². The maximum Gasteiger partial charge on any atom is 0.416 e. The summed E-state index contributed by atoms with van der Waals surface area (Å²) in [4.78, 5) is 0.226. The van der Waals surface area contributed by atoms with Crippen molar-refractivity contribution >= 4 is 9.73 Å². The van der Waals surface area contributed by atoms with Gasteiger partial charge in [-0.2, -0.15) is 13.2 Å². The van der Waals surface area contributed by atoms with Gasteiger partial charge in [-0.15, -0.1) is 0 Å². The van der Waals surface area contributed by atoms with Crippen molar-refractivity contribution in [1.82, 2.24) is 0 Å². The first-order valence-electron chi connectivity index (χ1n) is 6.07. The maximum atomic E-state index is 12.5. The molecule has 7 heteroatoms. The lowest BCUT2D eigenvalue weighted by atomic mass is 10.1. The number of nitrogens with zero attached hydrogens (tertiary/aromatic N) is 1. The van der Waals surface area contributed by atoms with Crippen LogP contribution in [0.1, 0.15) is 19.4 Å². The van der Waals surface area contributed by atoms with Crippen LogP contribution < -0.4 is 0 Å². The highest BCUT2D eigenvalue weighted by atomic mass is 32.2. The smallest absolute Gasteiger partial charge is 0.394 e. The van der Waals surface area contributed by atoms with Gasteiger partial charge in [-0.1, -0.05) is 13.8 Å². The molecule has 0 radical (unpaired) electrons. The molecule has 1 rings (SSSR count). The van der Waals surface area contributed by atoms with Crippen LogP contribution in [0.2, 0.25) is 0 Å². The van der Waals surface area contributed by atoms with E-state index in [4.69, 9.17) is 0 Å². The number of halogens is 3. The Balaban J connectivity index is 3.16. The number of benzene rings is 1. The van der Waals surface area contributed by atoms with Gasteiger partial charge in [-0.05, 0) is 30.2 Å². The molecule has 0 aliphatic carbocycles. The molecule has 0 bridgehead atoms. The molecule has 0 aromatic heterocycles. The first kappa shape index (κ1) is 17.0. The molecular weight excluding hydrogens is 291 g/mol. The molecular formula is C13H18F3NO2S. The summed E-state index contributed by atoms with van der Waals surface area (Å²) in [7, 11) is -2.83. The minimum absolute atomic E-state index is 0.00442. The van der Waals surface area contributed by atoms with Crippen LogP contribution in [0.3, 0.4) is 0 Å². The Hall–Kier alpha value is -1.08. The number of alkyl halides is 3. The Morgan fingerprint density at radius 1 is 1.25 bits per heavy atom. The maximum absolute atomic E-state index is 12.5. The molecule has 0 saturated carbocycles. The molecule has 20 heavy (non-hydrogen) atoms. The van der Waals surface area contributed by atoms with E-state index in [0.29, 0.717) is 0 Å². The SMILES string of the molecule is CC(C)[C@H](CO)N=[S@](C)(=O)c1ccc(C(F)(F)F)cc1. The summed E-state index contributed by atoms with van der Waals surface area (Å²) in [6, 6.07) is 3.61. The lowest BCUT2D eigenvalue weighted by molar-refractivity contribution is -0.137. The molecule has 0 unspecified atom stereocenters. The first-order chi connectivity index (χ1) is 9.08. The van der Waals surface area contributed by atoms with E-state index >= 15 is 0 Å². The molecule has 1 aromatic rings. The topological polar surface area (TPSA) is 49.7 Å². The van der Waals surface area contributed by atoms with Gasteiger partial charge < -0.3 is 5.11 Å². The summed E-state index contributed by atoms with van der Waals surface area (Å²) in [6.45, 7) is 3.41. The fourth-order valence-corrected chi connectivity index (χ4v) is 3.17. The van der Waals surface area contributed by atoms with Crippen LogP contribution >= 0.6 is 0 Å². The number of hydrogen-bond donors (Lipinski definition) is 1. The van der Waals surface area contributed by atoms with Crippen LogP contribution in [-0.2, 0) is 15.9 Å². The Morgan fingerprint density at radius 2 is 1.75 bits per heavy atom. The van der Waals surface area contributed by atoms with Gasteiger partial charge in [0.05, 0.1) is 27.9 Å². The molecule has 0 fully saturated rings. The van der Waals surface area contributed by atoms with Crippen LogP contribution in [-0.4, -0.2) is 28.2 Å². The van der Waals surface area contributed by atoms with Gasteiger partial charge in [0, 0.05) is 11.2 Å². The fraction of sp³-hybridized carbons (Fsp3) is 0.538. The third-order valence-electron chi connectivity index (χ3n) is 2.91. The molecule has 2 atom stereocenters. The lowest BCUT2D eigenvalue weighted by Gasteiger charge is -2.16. The fourth-order valence-electron chi connectivity index (χ4n) is 1.58. The lowest BCUT2D eigenvalue weighted by Crippen LogP contribution is -2.19. The van der Waals surface area contributed by atoms with Gasteiger partial charge in [0.25, 0.3) is 0 Å². The predicted octanol–water partition coefficient (Wildman–Crippen LogP) is 3.18. The molecule has 0 saturated heterocycles. The Morgan fingerprint density at radius 3 is 2.10 bits per heavy atom. The highest BCUT2D eigenvalue weighted by Crippen LogP contribution is 2.30. The minimum Gasteiger partial charge on any atom is -0.394 e. The van der Waals surface area contributed by atoms with Crippen molar-refractivity contribution in [3.8, 4) is 0 Å². The van der Waals surface area contributed by atoms with Crippen molar-refractivity contribution < 1.29 is 22.5 Å². The monoisotopic (exact) mass is 309 g/mol. The van der Waals surface area contributed by atoms with Gasteiger partial charge in [-0.25, -0.2) is 8.57 Å². The zero-order valence-electron chi connectivity index (χ0n) is 11.5. The number of aliphatic hydroxyl groups is 1. The zero-order valence-corrected chi connectivity index (χ0v) is 12.3. The van der Waals surface area contributed by atoms with E-state index in [0.717, 1.165) is 12.1 Å². The van der Waals surface area contributed by atoms with Crippen LogP contribution in [0.15, 0.2) is 33.5 Å². The van der Waals surface area contributed by atoms with Crippen LogP contribution in [0.25, 0.3) is 0 Å². The summed E-state index contributed by atoms with van der Waals surface area (Å²) in [5.74, 6) is -0.00442. The standard InChI is InChI=1S/C13H18F3NO2S/c1-9(2)12(8-18)17-20(3,19)11-6-4-10(5-7-11)13(14,15)16/h4-7,9,12,18H,8H2,1-3H3/t12-,20+/m0/s1. The summed E-state index contributed by atoms with van der Waals surface area (Å²) in [5.41, 5.74) is -0.793. The van der Waals surface area contributed by atoms with Gasteiger partial charge in [0.2, 0.25) is 0 Å². The Labute approximate surface area is 117 Å². The van der Waals surface area contributed by atoms with E-state index in [9.17, 15) is 22.5 Å². The molecule has 1 N–H and O–H groups in total. The highest BCUT2D eigenvalue weighted by molar-refractivity contribution is 7.93. The van der Waals surface area contributed by atoms with Gasteiger partial charge >= 0.3 is 6.18 Å². The van der Waals surface area contributed by atoms with E-state index in [-0.39, 0.29) is 17.4 Å². The third-order valence-corrected chi connectivity index (χ3v) is 4.73. The molecule has 3 nitrogen and oxygen atoms in total. The van der Waals surface area contributed by atoms with E-state index < -0.39 is 27.5 Å². The summed E-state index contributed by atoms with van der Waals surface area (Å²) >= 11 is 0. The van der Waals surface area contributed by atoms with Gasteiger partial charge in [-0.3, -0.25) is 0 Å². The molecule has 114 valence electrons. The van der Waals surface area contributed by atoms with Crippen molar-refractivity contribution in [1.29, 1.82) is 0 Å². The summed E-state index contributed by atoms with van der Waals surface area (Å²) < 4.78 is 53.9. The predicted molar refractivity (Wildman–Crippen MR) is 71.9 cm³/mol. The molecule has 0 aliphatic heterocycles. The largest absolute Gasteiger partial charge is 0.416 e.